The predicted octanol–water partition coefficient (Wildman–Crippen LogP) is 2.59. The fraction of sp³-hybridized carbons (Fsp3) is 0.933. The molecule has 0 unspecified atom stereocenters. The van der Waals surface area contributed by atoms with Gasteiger partial charge in [0.15, 0.2) is 0 Å². The van der Waals surface area contributed by atoms with E-state index in [4.69, 9.17) is 5.73 Å². The number of nitrogens with two attached hydrogens (primary N) is 1. The third-order valence-corrected chi connectivity index (χ3v) is 4.96. The molecule has 2 aliphatic rings. The molecule has 0 aromatic carbocycles. The van der Waals surface area contributed by atoms with E-state index in [0.717, 1.165) is 19.5 Å². The molecule has 2 aliphatic carbocycles. The minimum Gasteiger partial charge on any atom is -0.355 e. The predicted molar refractivity (Wildman–Crippen MR) is 74.2 cm³/mol. The van der Waals surface area contributed by atoms with Gasteiger partial charge in [-0.2, -0.15) is 0 Å². The molecule has 2 fully saturated rings. The quantitative estimate of drug-likeness (QED) is 0.790. The van der Waals surface area contributed by atoms with Crippen LogP contribution in [0.4, 0.5) is 0 Å². The van der Waals surface area contributed by atoms with Crippen LogP contribution in [0, 0.1) is 11.3 Å². The molecule has 1 amide bonds. The van der Waals surface area contributed by atoms with Crippen LogP contribution in [0.3, 0.4) is 0 Å². The van der Waals surface area contributed by atoms with Crippen LogP contribution in [0.15, 0.2) is 0 Å². The Bertz CT molecular complexity index is 266. The van der Waals surface area contributed by atoms with Crippen molar-refractivity contribution in [3.63, 3.8) is 0 Å². The fourth-order valence-corrected chi connectivity index (χ4v) is 3.59. The van der Waals surface area contributed by atoms with Crippen molar-refractivity contribution < 1.29 is 4.79 Å². The van der Waals surface area contributed by atoms with E-state index in [1.807, 2.05) is 0 Å². The molecule has 0 aliphatic heterocycles. The first-order valence-electron chi connectivity index (χ1n) is 7.71. The Morgan fingerprint density at radius 2 is 1.78 bits per heavy atom. The summed E-state index contributed by atoms with van der Waals surface area (Å²) in [7, 11) is 0. The minimum atomic E-state index is 0.211. The van der Waals surface area contributed by atoms with E-state index in [9.17, 15) is 4.79 Å². The molecule has 0 saturated heterocycles. The molecule has 0 atom stereocenters. The van der Waals surface area contributed by atoms with Crippen LogP contribution in [-0.4, -0.2) is 19.0 Å². The van der Waals surface area contributed by atoms with Gasteiger partial charge in [-0.3, -0.25) is 4.79 Å². The number of nitrogens with one attached hydrogen (secondary N) is 1. The lowest BCUT2D eigenvalue weighted by atomic mass is 9.85. The third-order valence-electron chi connectivity index (χ3n) is 4.96. The van der Waals surface area contributed by atoms with Gasteiger partial charge in [-0.15, -0.1) is 0 Å². The summed E-state index contributed by atoms with van der Waals surface area (Å²) in [5.74, 6) is 0.887. The lowest BCUT2D eigenvalue weighted by Crippen LogP contribution is -2.41. The number of amides is 1. The van der Waals surface area contributed by atoms with E-state index in [1.165, 1.54) is 57.8 Å². The van der Waals surface area contributed by atoms with Gasteiger partial charge in [-0.25, -0.2) is 0 Å². The van der Waals surface area contributed by atoms with E-state index in [2.05, 4.69) is 5.32 Å². The largest absolute Gasteiger partial charge is 0.355 e. The lowest BCUT2D eigenvalue weighted by Gasteiger charge is -2.28. The molecule has 3 nitrogen and oxygen atoms in total. The second kappa shape index (κ2) is 6.55. The Labute approximate surface area is 111 Å². The Morgan fingerprint density at radius 3 is 2.39 bits per heavy atom. The summed E-state index contributed by atoms with van der Waals surface area (Å²) in [5.41, 5.74) is 6.10. The highest BCUT2D eigenvalue weighted by molar-refractivity contribution is 5.76. The van der Waals surface area contributed by atoms with Crippen molar-refractivity contribution in [2.45, 2.75) is 64.2 Å². The zero-order chi connectivity index (χ0) is 12.8. The van der Waals surface area contributed by atoms with E-state index in [1.54, 1.807) is 0 Å². The summed E-state index contributed by atoms with van der Waals surface area (Å²) >= 11 is 0. The highest BCUT2D eigenvalue weighted by atomic mass is 16.1. The SMILES string of the molecule is NCC1(CNC(=O)CC2CCCCC2)CCCC1. The maximum atomic E-state index is 12.0. The zero-order valence-electron chi connectivity index (χ0n) is 11.5. The summed E-state index contributed by atoms with van der Waals surface area (Å²) in [4.78, 5) is 12.0. The lowest BCUT2D eigenvalue weighted by molar-refractivity contribution is -0.122. The van der Waals surface area contributed by atoms with Crippen molar-refractivity contribution in [3.05, 3.63) is 0 Å². The van der Waals surface area contributed by atoms with E-state index < -0.39 is 0 Å². The van der Waals surface area contributed by atoms with Crippen molar-refractivity contribution in [1.82, 2.24) is 5.32 Å². The molecule has 2 saturated carbocycles. The topological polar surface area (TPSA) is 55.1 Å². The molecule has 0 aromatic rings. The smallest absolute Gasteiger partial charge is 0.220 e. The van der Waals surface area contributed by atoms with E-state index in [-0.39, 0.29) is 11.3 Å². The molecule has 3 N–H and O–H groups in total. The highest BCUT2D eigenvalue weighted by Crippen LogP contribution is 2.36. The number of hydrogen-bond acceptors (Lipinski definition) is 2. The van der Waals surface area contributed by atoms with Gasteiger partial charge in [0, 0.05) is 13.0 Å². The maximum Gasteiger partial charge on any atom is 0.220 e. The van der Waals surface area contributed by atoms with Gasteiger partial charge in [-0.1, -0.05) is 32.1 Å². The van der Waals surface area contributed by atoms with Crippen LogP contribution < -0.4 is 11.1 Å². The standard InChI is InChI=1S/C15H28N2O/c16-11-15(8-4-5-9-15)12-17-14(18)10-13-6-2-1-3-7-13/h13H,1-12,16H2,(H,17,18). The van der Waals surface area contributed by atoms with Crippen molar-refractivity contribution >= 4 is 5.91 Å². The minimum absolute atomic E-state index is 0.211. The van der Waals surface area contributed by atoms with E-state index >= 15 is 0 Å². The normalized spacial score (nSPS) is 24.1. The first kappa shape index (κ1) is 13.9. The van der Waals surface area contributed by atoms with Gasteiger partial charge in [0.05, 0.1) is 0 Å². The van der Waals surface area contributed by atoms with Gasteiger partial charge >= 0.3 is 0 Å². The third kappa shape index (κ3) is 3.71. The van der Waals surface area contributed by atoms with Crippen LogP contribution in [0.2, 0.25) is 0 Å². The highest BCUT2D eigenvalue weighted by Gasteiger charge is 2.32. The van der Waals surface area contributed by atoms with Gasteiger partial charge in [0.1, 0.15) is 0 Å². The molecule has 3 heteroatoms. The van der Waals surface area contributed by atoms with Crippen LogP contribution >= 0.6 is 0 Å². The van der Waals surface area contributed by atoms with Crippen molar-refractivity contribution in [3.8, 4) is 0 Å². The molecule has 0 aromatic heterocycles. The fourth-order valence-electron chi connectivity index (χ4n) is 3.59. The van der Waals surface area contributed by atoms with Gasteiger partial charge in [-0.05, 0) is 43.6 Å². The number of rotatable bonds is 5. The Hall–Kier alpha value is -0.570. The van der Waals surface area contributed by atoms with Gasteiger partial charge in [0.2, 0.25) is 5.91 Å². The molecule has 0 radical (unpaired) electrons. The van der Waals surface area contributed by atoms with Crippen LogP contribution in [0.25, 0.3) is 0 Å². The van der Waals surface area contributed by atoms with Crippen molar-refractivity contribution in [2.75, 3.05) is 13.1 Å². The second-order valence-corrected chi connectivity index (χ2v) is 6.40. The van der Waals surface area contributed by atoms with Crippen LogP contribution in [-0.2, 0) is 4.79 Å². The molecule has 2 rings (SSSR count). The van der Waals surface area contributed by atoms with Gasteiger partial charge < -0.3 is 11.1 Å². The molecular formula is C15H28N2O. The summed E-state index contributed by atoms with van der Waals surface area (Å²) < 4.78 is 0. The number of carbonyl (C=O) groups excluding carboxylic acids is 1. The summed E-state index contributed by atoms with van der Waals surface area (Å²) in [5, 5.41) is 3.14. The summed E-state index contributed by atoms with van der Waals surface area (Å²) in [6, 6.07) is 0. The molecule has 104 valence electrons. The molecule has 0 heterocycles. The summed E-state index contributed by atoms with van der Waals surface area (Å²) in [6.07, 6.45) is 12.1. The average Bonchev–Trinajstić information content (AvgIpc) is 2.87. The number of carbonyl (C=O) groups is 1. The second-order valence-electron chi connectivity index (χ2n) is 6.40. The molecule has 0 spiro atoms. The first-order valence-corrected chi connectivity index (χ1v) is 7.71. The molecule has 0 bridgehead atoms. The van der Waals surface area contributed by atoms with Crippen molar-refractivity contribution in [2.24, 2.45) is 17.1 Å². The zero-order valence-corrected chi connectivity index (χ0v) is 11.5. The first-order chi connectivity index (χ1) is 8.74. The Morgan fingerprint density at radius 1 is 1.11 bits per heavy atom. The summed E-state index contributed by atoms with van der Waals surface area (Å²) in [6.45, 7) is 1.52. The monoisotopic (exact) mass is 252 g/mol. The van der Waals surface area contributed by atoms with Crippen molar-refractivity contribution in [1.29, 1.82) is 0 Å². The Kier molecular flexibility index (Phi) is 5.04. The number of hydrogen-bond donors (Lipinski definition) is 2. The van der Waals surface area contributed by atoms with Crippen LogP contribution in [0.5, 0.6) is 0 Å². The average molecular weight is 252 g/mol. The molecule has 18 heavy (non-hydrogen) atoms. The van der Waals surface area contributed by atoms with E-state index in [0.29, 0.717) is 5.92 Å². The molecular weight excluding hydrogens is 224 g/mol. The maximum absolute atomic E-state index is 12.0. The van der Waals surface area contributed by atoms with Gasteiger partial charge in [0.25, 0.3) is 0 Å². The Balaban J connectivity index is 1.70. The van der Waals surface area contributed by atoms with Crippen LogP contribution in [0.1, 0.15) is 64.2 Å².